The van der Waals surface area contributed by atoms with Crippen molar-refractivity contribution in [3.63, 3.8) is 0 Å². The van der Waals surface area contributed by atoms with Crippen molar-refractivity contribution in [3.05, 3.63) is 47.0 Å². The molecule has 0 amide bonds. The number of hydrogen-bond acceptors (Lipinski definition) is 3. The molecule has 4 rings (SSSR count). The molecular weight excluding hydrogens is 288 g/mol. The first kappa shape index (κ1) is 15.1. The number of rotatable bonds is 6. The standard InChI is InChI=1S/C20H26O3/c1-5-7-13-9-11-15(19(3)17(13)22-19)21-16-12-10-14(8-6-2)18-20(16,4)23-18/h9-12,15-16H,5-8H2,1-4H3. The van der Waals surface area contributed by atoms with Gasteiger partial charge in [0.25, 0.3) is 0 Å². The van der Waals surface area contributed by atoms with Gasteiger partial charge in [-0.05, 0) is 37.8 Å². The molecule has 4 atom stereocenters. The predicted octanol–water partition coefficient (Wildman–Crippen LogP) is 4.57. The third kappa shape index (κ3) is 2.20. The first-order chi connectivity index (χ1) is 11.0. The second-order valence-electron chi connectivity index (χ2n) is 7.32. The Balaban J connectivity index is 1.48. The van der Waals surface area contributed by atoms with Gasteiger partial charge in [0.05, 0.1) is 0 Å². The van der Waals surface area contributed by atoms with E-state index in [1.54, 1.807) is 0 Å². The van der Waals surface area contributed by atoms with E-state index in [1.165, 1.54) is 11.1 Å². The van der Waals surface area contributed by atoms with Gasteiger partial charge >= 0.3 is 0 Å². The molecule has 4 aliphatic rings. The van der Waals surface area contributed by atoms with Crippen LogP contribution in [0.25, 0.3) is 0 Å². The van der Waals surface area contributed by atoms with E-state index in [1.807, 2.05) is 0 Å². The Hall–Kier alpha value is -1.48. The second kappa shape index (κ2) is 5.01. The van der Waals surface area contributed by atoms with E-state index in [9.17, 15) is 0 Å². The maximum atomic E-state index is 6.41. The summed E-state index contributed by atoms with van der Waals surface area (Å²) in [7, 11) is 0. The lowest BCUT2D eigenvalue weighted by Crippen LogP contribution is -2.38. The summed E-state index contributed by atoms with van der Waals surface area (Å²) in [4.78, 5) is 0. The molecule has 0 bridgehead atoms. The summed E-state index contributed by atoms with van der Waals surface area (Å²) >= 11 is 0. The van der Waals surface area contributed by atoms with Crippen molar-refractivity contribution in [2.24, 2.45) is 0 Å². The third-order valence-electron chi connectivity index (χ3n) is 5.39. The Bertz CT molecular complexity index is 598. The van der Waals surface area contributed by atoms with Crippen molar-refractivity contribution in [2.75, 3.05) is 0 Å². The van der Waals surface area contributed by atoms with Gasteiger partial charge in [-0.2, -0.15) is 0 Å². The van der Waals surface area contributed by atoms with Crippen LogP contribution < -0.4 is 0 Å². The zero-order valence-electron chi connectivity index (χ0n) is 14.5. The van der Waals surface area contributed by atoms with Gasteiger partial charge in [-0.25, -0.2) is 0 Å². The topological polar surface area (TPSA) is 34.3 Å². The van der Waals surface area contributed by atoms with E-state index >= 15 is 0 Å². The minimum Gasteiger partial charge on any atom is -0.476 e. The first-order valence-electron chi connectivity index (χ1n) is 8.90. The molecule has 0 N–H and O–H groups in total. The summed E-state index contributed by atoms with van der Waals surface area (Å²) in [5.74, 6) is 2.24. The number of ether oxygens (including phenoxy) is 3. The van der Waals surface area contributed by atoms with Crippen LogP contribution >= 0.6 is 0 Å². The van der Waals surface area contributed by atoms with E-state index in [-0.39, 0.29) is 23.4 Å². The summed E-state index contributed by atoms with van der Waals surface area (Å²) in [6.45, 7) is 8.66. The molecule has 0 saturated carbocycles. The highest BCUT2D eigenvalue weighted by molar-refractivity contribution is 5.46. The Morgan fingerprint density at radius 3 is 1.70 bits per heavy atom. The Morgan fingerprint density at radius 1 is 0.870 bits per heavy atom. The summed E-state index contributed by atoms with van der Waals surface area (Å²) in [5, 5.41) is 0. The smallest absolute Gasteiger partial charge is 0.192 e. The highest BCUT2D eigenvalue weighted by Gasteiger charge is 2.62. The van der Waals surface area contributed by atoms with Crippen molar-refractivity contribution >= 4 is 0 Å². The number of hydrogen-bond donors (Lipinski definition) is 0. The summed E-state index contributed by atoms with van der Waals surface area (Å²) in [6.07, 6.45) is 13.0. The molecule has 2 heterocycles. The van der Waals surface area contributed by atoms with Crippen LogP contribution in [-0.4, -0.2) is 23.4 Å². The SMILES string of the molecule is CCCC1=C2OC2(C)C(OC2C=CC(CCC)=C3OC32C)C=C1. The van der Waals surface area contributed by atoms with Crippen LogP contribution in [-0.2, 0) is 14.2 Å². The lowest BCUT2D eigenvalue weighted by molar-refractivity contribution is -0.0323. The van der Waals surface area contributed by atoms with E-state index in [0.717, 1.165) is 37.2 Å². The summed E-state index contributed by atoms with van der Waals surface area (Å²) < 4.78 is 18.3. The number of fused-ring (bicyclic) bond motifs is 2. The van der Waals surface area contributed by atoms with Crippen LogP contribution in [0.1, 0.15) is 53.4 Å². The summed E-state index contributed by atoms with van der Waals surface area (Å²) in [6, 6.07) is 0. The first-order valence-corrected chi connectivity index (χ1v) is 8.90. The van der Waals surface area contributed by atoms with Crippen LogP contribution in [0.4, 0.5) is 0 Å². The molecule has 0 aromatic carbocycles. The van der Waals surface area contributed by atoms with Crippen LogP contribution in [0.2, 0.25) is 0 Å². The molecule has 3 heteroatoms. The number of epoxide rings is 2. The summed E-state index contributed by atoms with van der Waals surface area (Å²) in [5.41, 5.74) is 2.11. The maximum Gasteiger partial charge on any atom is 0.192 e. The van der Waals surface area contributed by atoms with Gasteiger partial charge in [0.15, 0.2) is 11.2 Å². The van der Waals surface area contributed by atoms with Gasteiger partial charge in [-0.3, -0.25) is 0 Å². The van der Waals surface area contributed by atoms with Gasteiger partial charge in [0.2, 0.25) is 0 Å². The fourth-order valence-corrected chi connectivity index (χ4v) is 3.88. The quantitative estimate of drug-likeness (QED) is 0.674. The molecule has 2 aliphatic carbocycles. The van der Waals surface area contributed by atoms with Crippen LogP contribution in [0.5, 0.6) is 0 Å². The molecule has 124 valence electrons. The molecule has 0 radical (unpaired) electrons. The molecule has 3 nitrogen and oxygen atoms in total. The van der Waals surface area contributed by atoms with Crippen molar-refractivity contribution in [1.82, 2.24) is 0 Å². The fraction of sp³-hybridized carbons (Fsp3) is 0.600. The van der Waals surface area contributed by atoms with Crippen LogP contribution in [0.3, 0.4) is 0 Å². The molecule has 23 heavy (non-hydrogen) atoms. The van der Waals surface area contributed by atoms with Gasteiger partial charge in [-0.15, -0.1) is 0 Å². The van der Waals surface area contributed by atoms with Gasteiger partial charge in [-0.1, -0.05) is 51.0 Å². The van der Waals surface area contributed by atoms with E-state index in [0.29, 0.717) is 0 Å². The van der Waals surface area contributed by atoms with E-state index in [2.05, 4.69) is 52.0 Å². The molecule has 0 aromatic heterocycles. The van der Waals surface area contributed by atoms with Crippen molar-refractivity contribution in [2.45, 2.75) is 76.8 Å². The van der Waals surface area contributed by atoms with Gasteiger partial charge in [0, 0.05) is 0 Å². The van der Waals surface area contributed by atoms with Crippen LogP contribution in [0, 0.1) is 0 Å². The van der Waals surface area contributed by atoms with E-state index in [4.69, 9.17) is 14.2 Å². The third-order valence-corrected chi connectivity index (χ3v) is 5.39. The molecule has 2 saturated heterocycles. The molecule has 0 aromatic rings. The van der Waals surface area contributed by atoms with Gasteiger partial charge < -0.3 is 14.2 Å². The fourth-order valence-electron chi connectivity index (χ4n) is 3.88. The normalized spacial score (nSPS) is 39.7. The predicted molar refractivity (Wildman–Crippen MR) is 89.8 cm³/mol. The lowest BCUT2D eigenvalue weighted by Gasteiger charge is -2.26. The largest absolute Gasteiger partial charge is 0.476 e. The Morgan fingerprint density at radius 2 is 1.30 bits per heavy atom. The average Bonchev–Trinajstić information content (AvgIpc) is 3.39. The minimum absolute atomic E-state index is 0.0391. The molecular formula is C20H26O3. The highest BCUT2D eigenvalue weighted by Crippen LogP contribution is 2.54. The van der Waals surface area contributed by atoms with E-state index < -0.39 is 0 Å². The molecule has 2 fully saturated rings. The van der Waals surface area contributed by atoms with Crippen molar-refractivity contribution < 1.29 is 14.2 Å². The van der Waals surface area contributed by atoms with Gasteiger partial charge in [0.1, 0.15) is 23.7 Å². The second-order valence-corrected chi connectivity index (χ2v) is 7.32. The lowest BCUT2D eigenvalue weighted by atomic mass is 9.90. The molecule has 2 aliphatic heterocycles. The Kier molecular flexibility index (Phi) is 3.28. The monoisotopic (exact) mass is 314 g/mol. The van der Waals surface area contributed by atoms with Crippen LogP contribution in [0.15, 0.2) is 47.0 Å². The zero-order chi connectivity index (χ0) is 16.2. The average molecular weight is 314 g/mol. The highest BCUT2D eigenvalue weighted by atomic mass is 16.7. The van der Waals surface area contributed by atoms with Crippen molar-refractivity contribution in [3.8, 4) is 0 Å². The zero-order valence-corrected chi connectivity index (χ0v) is 14.5. The molecule has 0 spiro atoms. The maximum absolute atomic E-state index is 6.41. The number of allylic oxidation sites excluding steroid dienone is 4. The van der Waals surface area contributed by atoms with Crippen molar-refractivity contribution in [1.29, 1.82) is 0 Å². The molecule has 4 unspecified atom stereocenters. The Labute approximate surface area is 138 Å². The minimum atomic E-state index is -0.272.